The first-order valence-electron chi connectivity index (χ1n) is 7.46. The van der Waals surface area contributed by atoms with Crippen molar-refractivity contribution in [1.29, 1.82) is 0 Å². The van der Waals surface area contributed by atoms with Crippen molar-refractivity contribution in [3.05, 3.63) is 28.0 Å². The van der Waals surface area contributed by atoms with Gasteiger partial charge in [-0.2, -0.15) is 5.10 Å². The summed E-state index contributed by atoms with van der Waals surface area (Å²) in [6.45, 7) is 8.01. The van der Waals surface area contributed by atoms with Crippen LogP contribution in [0.1, 0.15) is 41.4 Å². The summed E-state index contributed by atoms with van der Waals surface area (Å²) < 4.78 is 7.62. The number of anilines is 1. The zero-order valence-corrected chi connectivity index (χ0v) is 13.6. The lowest BCUT2D eigenvalue weighted by Crippen LogP contribution is -2.15. The van der Waals surface area contributed by atoms with Gasteiger partial charge in [-0.15, -0.1) is 11.3 Å². The van der Waals surface area contributed by atoms with Crippen LogP contribution >= 0.6 is 11.3 Å². The predicted octanol–water partition coefficient (Wildman–Crippen LogP) is 3.31. The summed E-state index contributed by atoms with van der Waals surface area (Å²) in [6.07, 6.45) is 6.56. The van der Waals surface area contributed by atoms with Crippen molar-refractivity contribution in [3.63, 3.8) is 0 Å². The number of nitrogens with one attached hydrogen (secondary N) is 1. The highest BCUT2D eigenvalue weighted by Gasteiger charge is 2.17. The maximum absolute atomic E-state index is 5.65. The van der Waals surface area contributed by atoms with E-state index in [1.54, 1.807) is 11.3 Å². The highest BCUT2D eigenvalue weighted by atomic mass is 32.1. The maximum Gasteiger partial charge on any atom is 0.0900 e. The number of hydrogen-bond donors (Lipinski definition) is 1. The Hall–Kier alpha value is -1.40. The predicted molar refractivity (Wildman–Crippen MR) is 84.8 cm³/mol. The molecule has 2 aromatic heterocycles. The second-order valence-electron chi connectivity index (χ2n) is 5.63. The highest BCUT2D eigenvalue weighted by molar-refractivity contribution is 7.11. The molecule has 0 aliphatic carbocycles. The lowest BCUT2D eigenvalue weighted by atomic mass is 10.2. The van der Waals surface area contributed by atoms with Gasteiger partial charge in [0, 0.05) is 17.7 Å². The summed E-state index contributed by atoms with van der Waals surface area (Å²) in [5, 5.41) is 9.04. The third-order valence-electron chi connectivity index (χ3n) is 3.76. The van der Waals surface area contributed by atoms with Gasteiger partial charge in [0.2, 0.25) is 0 Å². The van der Waals surface area contributed by atoms with E-state index >= 15 is 0 Å². The quantitative estimate of drug-likeness (QED) is 0.921. The molecule has 6 heteroatoms. The fourth-order valence-electron chi connectivity index (χ4n) is 2.80. The SMILES string of the molecule is Cc1nc(C)c(C(C)Nc2cnn(CC3CCCO3)c2)s1. The van der Waals surface area contributed by atoms with E-state index in [1.807, 2.05) is 17.8 Å². The van der Waals surface area contributed by atoms with Gasteiger partial charge in [0.05, 0.1) is 41.3 Å². The molecule has 21 heavy (non-hydrogen) atoms. The Morgan fingerprint density at radius 1 is 1.52 bits per heavy atom. The van der Waals surface area contributed by atoms with E-state index in [0.29, 0.717) is 6.10 Å². The van der Waals surface area contributed by atoms with Crippen molar-refractivity contribution >= 4 is 17.0 Å². The molecule has 114 valence electrons. The van der Waals surface area contributed by atoms with Crippen molar-refractivity contribution in [2.45, 2.75) is 52.3 Å². The van der Waals surface area contributed by atoms with Gasteiger partial charge < -0.3 is 10.1 Å². The van der Waals surface area contributed by atoms with Crippen molar-refractivity contribution < 1.29 is 4.74 Å². The van der Waals surface area contributed by atoms with Crippen molar-refractivity contribution in [2.24, 2.45) is 0 Å². The summed E-state index contributed by atoms with van der Waals surface area (Å²) >= 11 is 1.75. The molecule has 0 aromatic carbocycles. The fraction of sp³-hybridized carbons (Fsp3) is 0.600. The van der Waals surface area contributed by atoms with Gasteiger partial charge >= 0.3 is 0 Å². The van der Waals surface area contributed by atoms with E-state index in [2.05, 4.69) is 35.4 Å². The number of nitrogens with zero attached hydrogens (tertiary/aromatic N) is 3. The summed E-state index contributed by atoms with van der Waals surface area (Å²) in [4.78, 5) is 5.78. The minimum Gasteiger partial charge on any atom is -0.376 e. The fourth-order valence-corrected chi connectivity index (χ4v) is 3.73. The minimum atomic E-state index is 0.247. The molecule has 0 bridgehead atoms. The van der Waals surface area contributed by atoms with E-state index in [9.17, 15) is 0 Å². The number of rotatable bonds is 5. The average Bonchev–Trinajstić information content (AvgIpc) is 3.13. The molecular weight excluding hydrogens is 284 g/mol. The second kappa shape index (κ2) is 6.15. The molecule has 1 aliphatic heterocycles. The Morgan fingerprint density at radius 3 is 3.05 bits per heavy atom. The maximum atomic E-state index is 5.65. The summed E-state index contributed by atoms with van der Waals surface area (Å²) in [5.74, 6) is 0. The lowest BCUT2D eigenvalue weighted by Gasteiger charge is -2.12. The van der Waals surface area contributed by atoms with Crippen LogP contribution in [0.5, 0.6) is 0 Å². The molecule has 0 spiro atoms. The Balaban J connectivity index is 1.62. The molecule has 1 fully saturated rings. The van der Waals surface area contributed by atoms with Crippen LogP contribution < -0.4 is 5.32 Å². The first-order valence-corrected chi connectivity index (χ1v) is 8.28. The smallest absolute Gasteiger partial charge is 0.0900 e. The summed E-state index contributed by atoms with van der Waals surface area (Å²) in [5.41, 5.74) is 2.16. The van der Waals surface area contributed by atoms with Gasteiger partial charge in [-0.3, -0.25) is 4.68 Å². The number of aromatic nitrogens is 3. The molecule has 1 saturated heterocycles. The van der Waals surface area contributed by atoms with Gasteiger partial charge in [-0.05, 0) is 33.6 Å². The number of hydrogen-bond acceptors (Lipinski definition) is 5. The third-order valence-corrected chi connectivity index (χ3v) is 5.02. The van der Waals surface area contributed by atoms with E-state index in [1.165, 1.54) is 4.88 Å². The Labute approximate surface area is 129 Å². The van der Waals surface area contributed by atoms with E-state index in [4.69, 9.17) is 4.74 Å². The molecule has 0 saturated carbocycles. The first kappa shape index (κ1) is 14.5. The van der Waals surface area contributed by atoms with Crippen LogP contribution in [-0.2, 0) is 11.3 Å². The minimum absolute atomic E-state index is 0.247. The zero-order chi connectivity index (χ0) is 14.8. The van der Waals surface area contributed by atoms with Gasteiger partial charge in [-0.25, -0.2) is 4.98 Å². The van der Waals surface area contributed by atoms with Gasteiger partial charge in [0.1, 0.15) is 0 Å². The molecular formula is C15H22N4OS. The topological polar surface area (TPSA) is 52.0 Å². The van der Waals surface area contributed by atoms with E-state index in [0.717, 1.165) is 42.4 Å². The summed E-state index contributed by atoms with van der Waals surface area (Å²) in [6, 6.07) is 0.247. The summed E-state index contributed by atoms with van der Waals surface area (Å²) in [7, 11) is 0. The molecule has 1 N–H and O–H groups in total. The first-order chi connectivity index (χ1) is 10.1. The monoisotopic (exact) mass is 306 g/mol. The molecule has 2 aromatic rings. The Morgan fingerprint density at radius 2 is 2.38 bits per heavy atom. The molecule has 2 unspecified atom stereocenters. The van der Waals surface area contributed by atoms with Crippen LogP contribution in [0, 0.1) is 13.8 Å². The van der Waals surface area contributed by atoms with Crippen molar-refractivity contribution in [3.8, 4) is 0 Å². The van der Waals surface area contributed by atoms with Crippen molar-refractivity contribution in [1.82, 2.24) is 14.8 Å². The van der Waals surface area contributed by atoms with Crippen molar-refractivity contribution in [2.75, 3.05) is 11.9 Å². The standard InChI is InChI=1S/C15H22N4OS/c1-10-15(21-12(3)17-10)11(2)18-13-7-16-19(8-13)9-14-5-4-6-20-14/h7-8,11,14,18H,4-6,9H2,1-3H3. The van der Waals surface area contributed by atoms with Crippen LogP contribution in [0.3, 0.4) is 0 Å². The highest BCUT2D eigenvalue weighted by Crippen LogP contribution is 2.27. The Kier molecular flexibility index (Phi) is 4.26. The number of ether oxygens (including phenoxy) is 1. The average molecular weight is 306 g/mol. The Bertz CT molecular complexity index is 601. The molecule has 3 rings (SSSR count). The molecule has 1 aliphatic rings. The van der Waals surface area contributed by atoms with Gasteiger partial charge in [0.15, 0.2) is 0 Å². The number of thiazole rings is 1. The molecule has 0 radical (unpaired) electrons. The van der Waals surface area contributed by atoms with Gasteiger partial charge in [0.25, 0.3) is 0 Å². The van der Waals surface area contributed by atoms with Crippen LogP contribution in [-0.4, -0.2) is 27.5 Å². The molecule has 0 amide bonds. The normalized spacial score (nSPS) is 19.9. The van der Waals surface area contributed by atoms with Crippen LogP contribution in [0.4, 0.5) is 5.69 Å². The van der Waals surface area contributed by atoms with E-state index in [-0.39, 0.29) is 6.04 Å². The largest absolute Gasteiger partial charge is 0.376 e. The third kappa shape index (κ3) is 3.44. The number of aryl methyl sites for hydroxylation is 2. The molecule has 2 atom stereocenters. The van der Waals surface area contributed by atoms with Crippen LogP contribution in [0.15, 0.2) is 12.4 Å². The van der Waals surface area contributed by atoms with Crippen LogP contribution in [0.25, 0.3) is 0 Å². The second-order valence-corrected chi connectivity index (χ2v) is 6.87. The lowest BCUT2D eigenvalue weighted by molar-refractivity contribution is 0.0940. The molecule has 3 heterocycles. The molecule has 5 nitrogen and oxygen atoms in total. The van der Waals surface area contributed by atoms with Gasteiger partial charge in [-0.1, -0.05) is 0 Å². The zero-order valence-electron chi connectivity index (χ0n) is 12.8. The van der Waals surface area contributed by atoms with E-state index < -0.39 is 0 Å². The van der Waals surface area contributed by atoms with Crippen LogP contribution in [0.2, 0.25) is 0 Å².